The van der Waals surface area contributed by atoms with Crippen molar-refractivity contribution < 1.29 is 8.39 Å². The van der Waals surface area contributed by atoms with Gasteiger partial charge in [-0.3, -0.25) is 0 Å². The lowest BCUT2D eigenvalue weighted by molar-refractivity contribution is 0.579. The standard InChI is InChI=1S/C34H28NO2P/c1-2-8-23(9-3-1)20-24-21-27-16-17-28(22-24)35(27)38-36-31-18-14-25-10-4-6-12-29(25)33(31)34-30-13-7-5-11-26(30)15-19-32(34)37-38/h1-15,18-19,21,27-28H,16-17,20,22H2/t27-,28+/m1/s1. The van der Waals surface area contributed by atoms with Crippen molar-refractivity contribution in [2.75, 3.05) is 4.67 Å². The van der Waals surface area contributed by atoms with E-state index in [9.17, 15) is 0 Å². The third-order valence-corrected chi connectivity index (χ3v) is 9.99. The first kappa shape index (κ1) is 22.2. The minimum atomic E-state index is -1.31. The molecule has 2 bridgehead atoms. The van der Waals surface area contributed by atoms with Crippen LogP contribution in [0.5, 0.6) is 0 Å². The Labute approximate surface area is 222 Å². The summed E-state index contributed by atoms with van der Waals surface area (Å²) in [6.07, 6.45) is 6.94. The molecule has 4 heteroatoms. The Bertz CT molecular complexity index is 1810. The third-order valence-electron chi connectivity index (χ3n) is 8.28. The molecule has 0 saturated carbocycles. The van der Waals surface area contributed by atoms with E-state index in [1.165, 1.54) is 33.5 Å². The zero-order chi connectivity index (χ0) is 25.1. The van der Waals surface area contributed by atoms with Crippen molar-refractivity contribution in [2.24, 2.45) is 0 Å². The predicted molar refractivity (Wildman–Crippen MR) is 159 cm³/mol. The topological polar surface area (TPSA) is 29.5 Å². The Hall–Kier alpha value is -3.78. The number of hydrogen-bond acceptors (Lipinski definition) is 3. The minimum Gasteiger partial charge on any atom is -0.408 e. The van der Waals surface area contributed by atoms with E-state index >= 15 is 0 Å². The predicted octanol–water partition coefficient (Wildman–Crippen LogP) is 9.64. The molecule has 0 radical (unpaired) electrons. The van der Waals surface area contributed by atoms with Gasteiger partial charge in [-0.1, -0.05) is 103 Å². The molecule has 0 N–H and O–H groups in total. The second kappa shape index (κ2) is 8.91. The van der Waals surface area contributed by atoms with E-state index in [4.69, 9.17) is 8.39 Å². The lowest BCUT2D eigenvalue weighted by Gasteiger charge is -2.30. The van der Waals surface area contributed by atoms with Crippen LogP contribution in [0.15, 0.2) is 123 Å². The second-order valence-electron chi connectivity index (χ2n) is 10.6. The van der Waals surface area contributed by atoms with E-state index in [1.807, 2.05) is 0 Å². The molecule has 1 fully saturated rings. The van der Waals surface area contributed by atoms with Gasteiger partial charge < -0.3 is 8.39 Å². The summed E-state index contributed by atoms with van der Waals surface area (Å²) in [7, 11) is -1.31. The van der Waals surface area contributed by atoms with Crippen LogP contribution in [0.25, 0.3) is 43.5 Å². The first-order valence-corrected chi connectivity index (χ1v) is 14.7. The first-order valence-electron chi connectivity index (χ1n) is 13.5. The van der Waals surface area contributed by atoms with Gasteiger partial charge >= 0.3 is 8.16 Å². The lowest BCUT2D eigenvalue weighted by Crippen LogP contribution is -2.36. The van der Waals surface area contributed by atoms with Crippen LogP contribution < -0.4 is 4.67 Å². The molecule has 1 saturated heterocycles. The van der Waals surface area contributed by atoms with Crippen LogP contribution in [0, 0.1) is 0 Å². The second-order valence-corrected chi connectivity index (χ2v) is 11.9. The van der Waals surface area contributed by atoms with Crippen LogP contribution in [-0.2, 0) is 6.42 Å². The Kier molecular flexibility index (Phi) is 5.21. The molecule has 186 valence electrons. The molecule has 38 heavy (non-hydrogen) atoms. The van der Waals surface area contributed by atoms with Crippen LogP contribution in [0.3, 0.4) is 0 Å². The van der Waals surface area contributed by atoms with Gasteiger partial charge in [-0.2, -0.15) is 4.67 Å². The van der Waals surface area contributed by atoms with Crippen molar-refractivity contribution in [3.63, 3.8) is 0 Å². The SMILES string of the molecule is C1=C(Cc2ccccc2)C[C@@H]2CC[C@H]1N2p1oc2ccc3ccccc3c2c2c(ccc3ccccc32)o1. The molecule has 2 aliphatic rings. The smallest absolute Gasteiger partial charge is 0.310 e. The molecule has 1 aromatic heterocycles. The van der Waals surface area contributed by atoms with Gasteiger partial charge in [0.05, 0.1) is 0 Å². The molecular formula is C34H28NO2P. The Morgan fingerprint density at radius 1 is 0.658 bits per heavy atom. The average molecular weight is 514 g/mol. The van der Waals surface area contributed by atoms with Crippen LogP contribution >= 0.6 is 8.16 Å². The highest BCUT2D eigenvalue weighted by Crippen LogP contribution is 2.48. The third kappa shape index (κ3) is 3.61. The Morgan fingerprint density at radius 2 is 1.26 bits per heavy atom. The van der Waals surface area contributed by atoms with Crippen molar-refractivity contribution in [3.8, 4) is 0 Å². The fourth-order valence-corrected chi connectivity index (χ4v) is 8.35. The van der Waals surface area contributed by atoms with Crippen molar-refractivity contribution >= 4 is 51.6 Å². The van der Waals surface area contributed by atoms with Gasteiger partial charge in [0.2, 0.25) is 0 Å². The van der Waals surface area contributed by atoms with E-state index in [0.717, 1.165) is 41.2 Å². The Morgan fingerprint density at radius 3 is 1.89 bits per heavy atom. The van der Waals surface area contributed by atoms with Crippen LogP contribution in [0.4, 0.5) is 0 Å². The summed E-state index contributed by atoms with van der Waals surface area (Å²) in [6, 6.07) is 37.5. The maximum atomic E-state index is 6.91. The molecule has 5 aromatic carbocycles. The number of rotatable bonds is 3. The van der Waals surface area contributed by atoms with Crippen molar-refractivity contribution in [2.45, 2.75) is 37.8 Å². The summed E-state index contributed by atoms with van der Waals surface area (Å²) < 4.78 is 16.4. The number of benzene rings is 5. The maximum Gasteiger partial charge on any atom is 0.310 e. The van der Waals surface area contributed by atoms with E-state index in [2.05, 4.69) is 114 Å². The largest absolute Gasteiger partial charge is 0.408 e. The quantitative estimate of drug-likeness (QED) is 0.221. The number of fused-ring (bicyclic) bond motifs is 9. The molecule has 0 spiro atoms. The normalized spacial score (nSPS) is 19.4. The van der Waals surface area contributed by atoms with E-state index in [1.54, 1.807) is 5.57 Å². The monoisotopic (exact) mass is 513 g/mol. The maximum absolute atomic E-state index is 6.91. The molecule has 3 nitrogen and oxygen atoms in total. The molecule has 0 aliphatic carbocycles. The molecule has 3 heterocycles. The fourth-order valence-electron chi connectivity index (χ4n) is 6.59. The van der Waals surface area contributed by atoms with Crippen LogP contribution in [-0.4, -0.2) is 12.1 Å². The summed E-state index contributed by atoms with van der Waals surface area (Å²) in [4.78, 5) is 0. The van der Waals surface area contributed by atoms with Crippen LogP contribution in [0.2, 0.25) is 0 Å². The highest BCUT2D eigenvalue weighted by Gasteiger charge is 2.40. The van der Waals surface area contributed by atoms with Gasteiger partial charge in [-0.15, -0.1) is 0 Å². The molecule has 0 unspecified atom stereocenters. The highest BCUT2D eigenvalue weighted by molar-refractivity contribution is 7.39. The lowest BCUT2D eigenvalue weighted by atomic mass is 9.96. The zero-order valence-corrected chi connectivity index (χ0v) is 22.0. The number of nitrogens with zero attached hydrogens (tertiary/aromatic N) is 1. The van der Waals surface area contributed by atoms with Gasteiger partial charge in [0.25, 0.3) is 0 Å². The van der Waals surface area contributed by atoms with E-state index in [-0.39, 0.29) is 0 Å². The molecular weight excluding hydrogens is 485 g/mol. The summed E-state index contributed by atoms with van der Waals surface area (Å²) in [6.45, 7) is 0. The summed E-state index contributed by atoms with van der Waals surface area (Å²) >= 11 is 0. The van der Waals surface area contributed by atoms with Gasteiger partial charge in [0.1, 0.15) is 11.2 Å². The number of hydrogen-bond donors (Lipinski definition) is 0. The van der Waals surface area contributed by atoms with Gasteiger partial charge in [-0.25, -0.2) is 0 Å². The van der Waals surface area contributed by atoms with Gasteiger partial charge in [-0.05, 0) is 64.9 Å². The molecule has 2 aliphatic heterocycles. The minimum absolute atomic E-state index is 0.351. The zero-order valence-electron chi connectivity index (χ0n) is 21.1. The van der Waals surface area contributed by atoms with Crippen molar-refractivity contribution in [1.29, 1.82) is 0 Å². The van der Waals surface area contributed by atoms with E-state index in [0.29, 0.717) is 12.1 Å². The first-order chi connectivity index (χ1) is 18.8. The van der Waals surface area contributed by atoms with Gasteiger partial charge in [0.15, 0.2) is 0 Å². The summed E-state index contributed by atoms with van der Waals surface area (Å²) in [5.41, 5.74) is 4.77. The van der Waals surface area contributed by atoms with Crippen molar-refractivity contribution in [3.05, 3.63) is 120 Å². The van der Waals surface area contributed by atoms with Gasteiger partial charge in [0, 0.05) is 22.9 Å². The molecule has 2 atom stereocenters. The summed E-state index contributed by atoms with van der Waals surface area (Å²) in [5, 5.41) is 7.12. The average Bonchev–Trinajstić information content (AvgIpc) is 3.12. The Balaban J connectivity index is 1.35. The van der Waals surface area contributed by atoms with Crippen LogP contribution in [0.1, 0.15) is 24.8 Å². The molecule has 8 rings (SSSR count). The van der Waals surface area contributed by atoms with E-state index < -0.39 is 8.16 Å². The summed E-state index contributed by atoms with van der Waals surface area (Å²) in [5.74, 6) is 0. The molecule has 6 aromatic rings. The fraction of sp³-hybridized carbons (Fsp3) is 0.176. The molecule has 0 amide bonds. The van der Waals surface area contributed by atoms with Crippen molar-refractivity contribution in [1.82, 2.24) is 0 Å². The highest BCUT2D eigenvalue weighted by atomic mass is 31.1.